The Morgan fingerprint density at radius 2 is 1.54 bits per heavy atom. The van der Waals surface area contributed by atoms with E-state index in [0.717, 1.165) is 10.9 Å². The number of nitrogens with one attached hydrogen (secondary N) is 1. The number of hydrogen-bond donors (Lipinski definition) is 1. The van der Waals surface area contributed by atoms with Crippen molar-refractivity contribution in [1.82, 2.24) is 9.88 Å². The van der Waals surface area contributed by atoms with Crippen LogP contribution in [0, 0.1) is 0 Å². The van der Waals surface area contributed by atoms with Gasteiger partial charge >= 0.3 is 0 Å². The maximum absolute atomic E-state index is 13.8. The molecule has 1 amide bonds. The van der Waals surface area contributed by atoms with Crippen molar-refractivity contribution in [2.24, 2.45) is 0 Å². The molecule has 192 valence electrons. The number of aromatic nitrogens is 1. The molecule has 0 fully saturated rings. The summed E-state index contributed by atoms with van der Waals surface area (Å²) in [4.78, 5) is 31.4. The highest BCUT2D eigenvalue weighted by Gasteiger charge is 2.22. The van der Waals surface area contributed by atoms with E-state index in [1.165, 1.54) is 21.3 Å². The third-order valence-corrected chi connectivity index (χ3v) is 6.20. The number of methoxy groups -OCH3 is 4. The maximum atomic E-state index is 13.8. The van der Waals surface area contributed by atoms with Crippen LogP contribution in [-0.4, -0.2) is 50.8 Å². The van der Waals surface area contributed by atoms with Crippen molar-refractivity contribution in [2.45, 2.75) is 13.0 Å². The highest BCUT2D eigenvalue weighted by molar-refractivity contribution is 5.95. The molecule has 0 saturated heterocycles. The van der Waals surface area contributed by atoms with E-state index in [9.17, 15) is 9.59 Å². The van der Waals surface area contributed by atoms with Crippen molar-refractivity contribution in [3.8, 4) is 23.0 Å². The second-order valence-corrected chi connectivity index (χ2v) is 8.45. The Bertz CT molecular complexity index is 1420. The fourth-order valence-electron chi connectivity index (χ4n) is 4.22. The molecule has 1 N–H and O–H groups in total. The van der Waals surface area contributed by atoms with E-state index >= 15 is 0 Å². The van der Waals surface area contributed by atoms with Crippen molar-refractivity contribution >= 4 is 16.8 Å². The van der Waals surface area contributed by atoms with E-state index in [0.29, 0.717) is 52.6 Å². The van der Waals surface area contributed by atoms with Gasteiger partial charge in [-0.2, -0.15) is 0 Å². The summed E-state index contributed by atoms with van der Waals surface area (Å²) in [7, 11) is 6.09. The number of nitrogens with zero attached hydrogens (tertiary/aromatic N) is 1. The van der Waals surface area contributed by atoms with Crippen molar-refractivity contribution in [2.75, 3.05) is 35.0 Å². The van der Waals surface area contributed by atoms with Gasteiger partial charge in [0.1, 0.15) is 5.75 Å². The van der Waals surface area contributed by atoms with E-state index in [1.54, 1.807) is 30.2 Å². The van der Waals surface area contributed by atoms with Gasteiger partial charge in [-0.25, -0.2) is 0 Å². The van der Waals surface area contributed by atoms with E-state index in [-0.39, 0.29) is 18.0 Å². The molecule has 0 bridgehead atoms. The molecule has 37 heavy (non-hydrogen) atoms. The fourth-order valence-corrected chi connectivity index (χ4v) is 4.22. The third kappa shape index (κ3) is 5.69. The lowest BCUT2D eigenvalue weighted by atomic mass is 10.1. The van der Waals surface area contributed by atoms with Crippen molar-refractivity contribution in [3.05, 3.63) is 93.8 Å². The molecular weight excluding hydrogens is 472 g/mol. The highest BCUT2D eigenvalue weighted by atomic mass is 16.5. The SMILES string of the molecule is COc1ccc2cc(CN(CCc3ccccc3)C(=O)c3cc(OC)c(OC)c(OC)c3)c(=O)[nH]c2c1. The van der Waals surface area contributed by atoms with Crippen molar-refractivity contribution in [3.63, 3.8) is 0 Å². The van der Waals surface area contributed by atoms with Gasteiger partial charge in [-0.1, -0.05) is 30.3 Å². The van der Waals surface area contributed by atoms with E-state index in [1.807, 2.05) is 48.5 Å². The molecule has 3 aromatic carbocycles. The number of carbonyl (C=O) groups excluding carboxylic acids is 1. The summed E-state index contributed by atoms with van der Waals surface area (Å²) < 4.78 is 21.5. The van der Waals surface area contributed by atoms with Gasteiger partial charge in [0.05, 0.1) is 40.5 Å². The molecular formula is C29H30N2O6. The highest BCUT2D eigenvalue weighted by Crippen LogP contribution is 2.38. The lowest BCUT2D eigenvalue weighted by Gasteiger charge is -2.24. The van der Waals surface area contributed by atoms with Crippen LogP contribution in [0.25, 0.3) is 10.9 Å². The van der Waals surface area contributed by atoms with Gasteiger partial charge in [0.25, 0.3) is 11.5 Å². The first-order chi connectivity index (χ1) is 18.0. The third-order valence-electron chi connectivity index (χ3n) is 6.20. The van der Waals surface area contributed by atoms with Gasteiger partial charge < -0.3 is 28.8 Å². The maximum Gasteiger partial charge on any atom is 0.254 e. The van der Waals surface area contributed by atoms with E-state index < -0.39 is 0 Å². The summed E-state index contributed by atoms with van der Waals surface area (Å²) in [5.74, 6) is 1.55. The van der Waals surface area contributed by atoms with Crippen LogP contribution in [0.3, 0.4) is 0 Å². The second kappa shape index (κ2) is 11.5. The monoisotopic (exact) mass is 502 g/mol. The van der Waals surface area contributed by atoms with Gasteiger partial charge in [0, 0.05) is 23.7 Å². The van der Waals surface area contributed by atoms with E-state index in [2.05, 4.69) is 4.98 Å². The zero-order valence-corrected chi connectivity index (χ0v) is 21.4. The van der Waals surface area contributed by atoms with Crippen LogP contribution in [0.4, 0.5) is 0 Å². The number of hydrogen-bond acceptors (Lipinski definition) is 6. The van der Waals surface area contributed by atoms with Crippen molar-refractivity contribution < 1.29 is 23.7 Å². The smallest absolute Gasteiger partial charge is 0.254 e. The Balaban J connectivity index is 1.71. The average Bonchev–Trinajstić information content (AvgIpc) is 2.94. The number of benzene rings is 3. The zero-order valence-electron chi connectivity index (χ0n) is 21.4. The number of fused-ring (bicyclic) bond motifs is 1. The number of rotatable bonds is 10. The first kappa shape index (κ1) is 25.6. The molecule has 0 saturated carbocycles. The van der Waals surface area contributed by atoms with Crippen LogP contribution in [-0.2, 0) is 13.0 Å². The molecule has 0 spiro atoms. The van der Waals surface area contributed by atoms with Crippen LogP contribution < -0.4 is 24.5 Å². The predicted molar refractivity (Wildman–Crippen MR) is 142 cm³/mol. The standard InChI is InChI=1S/C29H30N2O6/c1-34-23-11-10-20-14-22(28(32)30-24(20)17-23)18-31(13-12-19-8-6-5-7-9-19)29(33)21-15-25(35-2)27(37-4)26(16-21)36-3/h5-11,14-17H,12-13,18H2,1-4H3,(H,30,32). The summed E-state index contributed by atoms with van der Waals surface area (Å²) in [5, 5.41) is 0.846. The Labute approximate surface area is 215 Å². The Morgan fingerprint density at radius 3 is 2.16 bits per heavy atom. The minimum atomic E-state index is -0.261. The minimum absolute atomic E-state index is 0.125. The Morgan fingerprint density at radius 1 is 0.838 bits per heavy atom. The number of amides is 1. The minimum Gasteiger partial charge on any atom is -0.497 e. The molecule has 4 rings (SSSR count). The number of pyridine rings is 1. The van der Waals surface area contributed by atoms with Gasteiger partial charge in [-0.3, -0.25) is 9.59 Å². The molecule has 8 nitrogen and oxygen atoms in total. The Kier molecular flexibility index (Phi) is 7.98. The molecule has 8 heteroatoms. The van der Waals surface area contributed by atoms with Crippen LogP contribution in [0.2, 0.25) is 0 Å². The van der Waals surface area contributed by atoms with E-state index in [4.69, 9.17) is 18.9 Å². The predicted octanol–water partition coefficient (Wildman–Crippen LogP) is 4.45. The molecule has 0 radical (unpaired) electrons. The number of H-pyrrole nitrogens is 1. The molecule has 0 unspecified atom stereocenters. The number of carbonyl (C=O) groups is 1. The summed E-state index contributed by atoms with van der Waals surface area (Å²) in [6, 6.07) is 20.4. The van der Waals surface area contributed by atoms with Crippen molar-refractivity contribution in [1.29, 1.82) is 0 Å². The molecule has 1 heterocycles. The molecule has 0 aliphatic heterocycles. The van der Waals surface area contributed by atoms with Crippen LogP contribution in [0.5, 0.6) is 23.0 Å². The normalized spacial score (nSPS) is 10.7. The lowest BCUT2D eigenvalue weighted by Crippen LogP contribution is -2.34. The van der Waals surface area contributed by atoms with Crippen LogP contribution in [0.15, 0.2) is 71.5 Å². The topological polar surface area (TPSA) is 90.1 Å². The molecule has 4 aromatic rings. The quantitative estimate of drug-likeness (QED) is 0.345. The fraction of sp³-hybridized carbons (Fsp3) is 0.241. The Hall–Kier alpha value is -4.46. The van der Waals surface area contributed by atoms with Gasteiger partial charge in [-0.05, 0) is 47.7 Å². The molecule has 0 aliphatic carbocycles. The summed E-state index contributed by atoms with van der Waals surface area (Å²) in [5.41, 5.74) is 2.34. The largest absolute Gasteiger partial charge is 0.497 e. The van der Waals surface area contributed by atoms with Gasteiger partial charge in [0.2, 0.25) is 5.75 Å². The summed E-state index contributed by atoms with van der Waals surface area (Å²) in [6.45, 7) is 0.527. The number of ether oxygens (including phenoxy) is 4. The lowest BCUT2D eigenvalue weighted by molar-refractivity contribution is 0.0743. The molecule has 0 aliphatic rings. The molecule has 0 atom stereocenters. The van der Waals surface area contributed by atoms with Gasteiger partial charge in [0.15, 0.2) is 11.5 Å². The summed E-state index contributed by atoms with van der Waals surface area (Å²) >= 11 is 0. The van der Waals surface area contributed by atoms with Crippen LogP contribution in [0.1, 0.15) is 21.5 Å². The first-order valence-corrected chi connectivity index (χ1v) is 11.8. The second-order valence-electron chi connectivity index (χ2n) is 8.45. The van der Waals surface area contributed by atoms with Crippen LogP contribution >= 0.6 is 0 Å². The first-order valence-electron chi connectivity index (χ1n) is 11.8. The zero-order chi connectivity index (χ0) is 26.4. The average molecular weight is 503 g/mol. The number of aromatic amines is 1. The van der Waals surface area contributed by atoms with Gasteiger partial charge in [-0.15, -0.1) is 0 Å². The molecule has 1 aromatic heterocycles. The summed E-state index contributed by atoms with van der Waals surface area (Å²) in [6.07, 6.45) is 0.625.